The SMILES string of the molecule is COc1ccc(-c2cn3nc(N4CCC[C@H](C(=O)Nc5ccc(OC)cc5OC)C4)sc3n2)cc1. The molecule has 5 rings (SSSR count). The summed E-state index contributed by atoms with van der Waals surface area (Å²) < 4.78 is 17.7. The van der Waals surface area contributed by atoms with Gasteiger partial charge in [0.2, 0.25) is 16.0 Å². The molecule has 0 radical (unpaired) electrons. The molecule has 1 fully saturated rings. The number of carbonyl (C=O) groups excluding carboxylic acids is 1. The Kier molecular flexibility index (Phi) is 6.45. The van der Waals surface area contributed by atoms with Crippen LogP contribution in [0, 0.1) is 5.92 Å². The van der Waals surface area contributed by atoms with Gasteiger partial charge in [-0.1, -0.05) is 11.3 Å². The molecule has 3 heterocycles. The summed E-state index contributed by atoms with van der Waals surface area (Å²) >= 11 is 1.53. The normalized spacial score (nSPS) is 15.7. The molecule has 1 saturated heterocycles. The van der Waals surface area contributed by atoms with Crippen LogP contribution in [0.3, 0.4) is 0 Å². The number of anilines is 2. The Balaban J connectivity index is 1.28. The molecule has 9 nitrogen and oxygen atoms in total. The number of nitrogens with zero attached hydrogens (tertiary/aromatic N) is 4. The zero-order valence-electron chi connectivity index (χ0n) is 19.9. The first-order valence-corrected chi connectivity index (χ1v) is 12.2. The van der Waals surface area contributed by atoms with Gasteiger partial charge in [0.25, 0.3) is 0 Å². The highest BCUT2D eigenvalue weighted by Crippen LogP contribution is 2.32. The number of piperidine rings is 1. The number of amides is 1. The molecule has 4 aromatic rings. The second-order valence-corrected chi connectivity index (χ2v) is 9.24. The average molecular weight is 494 g/mol. The van der Waals surface area contributed by atoms with Crippen LogP contribution in [0.4, 0.5) is 10.8 Å². The molecule has 2 aromatic carbocycles. The highest BCUT2D eigenvalue weighted by Gasteiger charge is 2.28. The third kappa shape index (κ3) is 4.74. The van der Waals surface area contributed by atoms with E-state index in [0.29, 0.717) is 23.7 Å². The van der Waals surface area contributed by atoms with E-state index < -0.39 is 0 Å². The lowest BCUT2D eigenvalue weighted by Gasteiger charge is -2.31. The van der Waals surface area contributed by atoms with Crippen LogP contribution in [0.25, 0.3) is 16.2 Å². The molecular formula is C25H27N5O4S. The largest absolute Gasteiger partial charge is 0.497 e. The van der Waals surface area contributed by atoms with Crippen molar-refractivity contribution >= 4 is 33.0 Å². The van der Waals surface area contributed by atoms with Crippen molar-refractivity contribution in [3.8, 4) is 28.5 Å². The van der Waals surface area contributed by atoms with Crippen LogP contribution in [0.2, 0.25) is 0 Å². The molecule has 0 spiro atoms. The second-order valence-electron chi connectivity index (χ2n) is 8.31. The van der Waals surface area contributed by atoms with Crippen LogP contribution in [0.5, 0.6) is 17.2 Å². The number of hydrogen-bond donors (Lipinski definition) is 1. The molecule has 1 aliphatic heterocycles. The van der Waals surface area contributed by atoms with Crippen LogP contribution in [0.15, 0.2) is 48.7 Å². The summed E-state index contributed by atoms with van der Waals surface area (Å²) in [6, 6.07) is 13.2. The van der Waals surface area contributed by atoms with E-state index in [-0.39, 0.29) is 11.8 Å². The minimum absolute atomic E-state index is 0.0266. The fraction of sp³-hybridized carbons (Fsp3) is 0.320. The smallest absolute Gasteiger partial charge is 0.229 e. The topological polar surface area (TPSA) is 90.2 Å². The van der Waals surface area contributed by atoms with Crippen molar-refractivity contribution in [1.29, 1.82) is 0 Å². The lowest BCUT2D eigenvalue weighted by atomic mass is 9.97. The van der Waals surface area contributed by atoms with Gasteiger partial charge in [-0.3, -0.25) is 4.79 Å². The maximum atomic E-state index is 13.1. The summed E-state index contributed by atoms with van der Waals surface area (Å²) in [4.78, 5) is 20.8. The molecule has 1 amide bonds. The Bertz CT molecular complexity index is 1300. The predicted molar refractivity (Wildman–Crippen MR) is 136 cm³/mol. The Labute approximate surface area is 207 Å². The molecule has 2 aromatic heterocycles. The quantitative estimate of drug-likeness (QED) is 0.410. The summed E-state index contributed by atoms with van der Waals surface area (Å²) in [6.07, 6.45) is 3.67. The summed E-state index contributed by atoms with van der Waals surface area (Å²) in [5, 5.41) is 8.64. The summed E-state index contributed by atoms with van der Waals surface area (Å²) in [5.41, 5.74) is 2.50. The van der Waals surface area contributed by atoms with Crippen molar-refractivity contribution in [1.82, 2.24) is 14.6 Å². The van der Waals surface area contributed by atoms with E-state index in [1.165, 1.54) is 11.3 Å². The molecule has 1 atom stereocenters. The molecule has 35 heavy (non-hydrogen) atoms. The van der Waals surface area contributed by atoms with Crippen LogP contribution in [0.1, 0.15) is 12.8 Å². The van der Waals surface area contributed by atoms with Gasteiger partial charge < -0.3 is 24.4 Å². The van der Waals surface area contributed by atoms with E-state index in [4.69, 9.17) is 24.3 Å². The number of imidazole rings is 1. The number of aromatic nitrogens is 3. The predicted octanol–water partition coefficient (Wildman–Crippen LogP) is 4.34. The van der Waals surface area contributed by atoms with Crippen LogP contribution in [-0.4, -0.2) is 54.9 Å². The van der Waals surface area contributed by atoms with Crippen molar-refractivity contribution in [2.45, 2.75) is 12.8 Å². The van der Waals surface area contributed by atoms with Gasteiger partial charge in [-0.2, -0.15) is 0 Å². The van der Waals surface area contributed by atoms with Gasteiger partial charge >= 0.3 is 0 Å². The lowest BCUT2D eigenvalue weighted by molar-refractivity contribution is -0.120. The number of carbonyl (C=O) groups is 1. The molecule has 0 saturated carbocycles. The summed E-state index contributed by atoms with van der Waals surface area (Å²) in [5.74, 6) is 1.87. The monoisotopic (exact) mass is 493 g/mol. The van der Waals surface area contributed by atoms with E-state index in [9.17, 15) is 4.79 Å². The van der Waals surface area contributed by atoms with E-state index >= 15 is 0 Å². The molecule has 1 N–H and O–H groups in total. The molecule has 182 valence electrons. The summed E-state index contributed by atoms with van der Waals surface area (Å²) in [6.45, 7) is 1.46. The van der Waals surface area contributed by atoms with Crippen molar-refractivity contribution in [2.75, 3.05) is 44.6 Å². The van der Waals surface area contributed by atoms with Gasteiger partial charge in [0.1, 0.15) is 17.2 Å². The average Bonchev–Trinajstić information content (AvgIpc) is 3.49. The first-order valence-electron chi connectivity index (χ1n) is 11.4. The fourth-order valence-corrected chi connectivity index (χ4v) is 5.14. The van der Waals surface area contributed by atoms with Crippen molar-refractivity contribution in [3.63, 3.8) is 0 Å². The summed E-state index contributed by atoms with van der Waals surface area (Å²) in [7, 11) is 4.82. The van der Waals surface area contributed by atoms with Gasteiger partial charge in [-0.15, -0.1) is 5.10 Å². The first-order chi connectivity index (χ1) is 17.1. The van der Waals surface area contributed by atoms with Crippen molar-refractivity contribution in [3.05, 3.63) is 48.7 Å². The van der Waals surface area contributed by atoms with Crippen molar-refractivity contribution in [2.24, 2.45) is 5.92 Å². The minimum atomic E-state index is -0.151. The molecule has 1 aliphatic rings. The molecule has 0 aliphatic carbocycles. The maximum absolute atomic E-state index is 13.1. The molecule has 0 unspecified atom stereocenters. The highest BCUT2D eigenvalue weighted by molar-refractivity contribution is 7.20. The zero-order chi connectivity index (χ0) is 24.4. The Morgan fingerprint density at radius 1 is 1.06 bits per heavy atom. The number of nitrogens with one attached hydrogen (secondary N) is 1. The first kappa shape index (κ1) is 23.0. The van der Waals surface area contributed by atoms with Gasteiger partial charge in [0.15, 0.2) is 0 Å². The molecule has 0 bridgehead atoms. The molecule has 10 heteroatoms. The highest BCUT2D eigenvalue weighted by atomic mass is 32.1. The Hall–Kier alpha value is -3.79. The van der Waals surface area contributed by atoms with Gasteiger partial charge in [-0.05, 0) is 49.2 Å². The fourth-order valence-electron chi connectivity index (χ4n) is 4.22. The van der Waals surface area contributed by atoms with Crippen LogP contribution < -0.4 is 24.4 Å². The third-order valence-corrected chi connectivity index (χ3v) is 7.13. The third-order valence-electron chi connectivity index (χ3n) is 6.15. The molecular weight excluding hydrogens is 466 g/mol. The van der Waals surface area contributed by atoms with Crippen LogP contribution in [-0.2, 0) is 4.79 Å². The van der Waals surface area contributed by atoms with Gasteiger partial charge in [0, 0.05) is 24.7 Å². The minimum Gasteiger partial charge on any atom is -0.497 e. The van der Waals surface area contributed by atoms with E-state index in [1.54, 1.807) is 39.5 Å². The van der Waals surface area contributed by atoms with E-state index in [1.807, 2.05) is 35.0 Å². The zero-order valence-corrected chi connectivity index (χ0v) is 20.7. The second kappa shape index (κ2) is 9.83. The number of ether oxygens (including phenoxy) is 3. The Morgan fingerprint density at radius 2 is 1.83 bits per heavy atom. The van der Waals surface area contributed by atoms with Gasteiger partial charge in [0.05, 0.1) is 44.8 Å². The lowest BCUT2D eigenvalue weighted by Crippen LogP contribution is -2.40. The van der Waals surface area contributed by atoms with Crippen molar-refractivity contribution < 1.29 is 19.0 Å². The number of hydrogen-bond acceptors (Lipinski definition) is 8. The number of fused-ring (bicyclic) bond motifs is 1. The maximum Gasteiger partial charge on any atom is 0.229 e. The van der Waals surface area contributed by atoms with Crippen LogP contribution >= 0.6 is 11.3 Å². The van der Waals surface area contributed by atoms with E-state index in [0.717, 1.165) is 46.5 Å². The number of methoxy groups -OCH3 is 3. The van der Waals surface area contributed by atoms with Gasteiger partial charge in [-0.25, -0.2) is 9.50 Å². The number of rotatable bonds is 7. The van der Waals surface area contributed by atoms with E-state index in [2.05, 4.69) is 10.2 Å². The Morgan fingerprint density at radius 3 is 2.54 bits per heavy atom. The standard InChI is InChI=1S/C25H27N5O4S/c1-32-18-8-6-16(7-9-18)21-15-30-24(27-21)35-25(28-30)29-12-4-5-17(14-29)23(31)26-20-11-10-19(33-2)13-22(20)34-3/h6-11,13,15,17H,4-5,12,14H2,1-3H3,(H,26,31)/t17-/m0/s1. The number of benzene rings is 2.